The van der Waals surface area contributed by atoms with Crippen molar-refractivity contribution in [3.05, 3.63) is 11.7 Å². The molecule has 18 heavy (non-hydrogen) atoms. The van der Waals surface area contributed by atoms with Crippen molar-refractivity contribution in [3.8, 4) is 0 Å². The van der Waals surface area contributed by atoms with Gasteiger partial charge in [-0.1, -0.05) is 25.4 Å². The lowest BCUT2D eigenvalue weighted by molar-refractivity contribution is 0.344. The topological polar surface area (TPSA) is 64.9 Å². The number of aromatic nitrogens is 2. The molecule has 1 fully saturated rings. The van der Waals surface area contributed by atoms with Gasteiger partial charge in [-0.3, -0.25) is 0 Å². The molecule has 4 nitrogen and oxygen atoms in total. The molecule has 3 atom stereocenters. The fraction of sp³-hybridized carbons (Fsp3) is 0.833. The molecule has 102 valence electrons. The Balaban J connectivity index is 2.08. The van der Waals surface area contributed by atoms with Gasteiger partial charge in [-0.15, -0.1) is 11.8 Å². The molecule has 1 saturated heterocycles. The Morgan fingerprint density at radius 3 is 2.89 bits per heavy atom. The molecule has 0 spiro atoms. The van der Waals surface area contributed by atoms with Gasteiger partial charge in [0.15, 0.2) is 5.82 Å². The van der Waals surface area contributed by atoms with Crippen LogP contribution in [0.25, 0.3) is 0 Å². The SMILES string of the molecule is CCC[C@@H](N)c1nc(C2SCCSC2CC)no1. The van der Waals surface area contributed by atoms with Crippen LogP contribution in [-0.4, -0.2) is 26.9 Å². The van der Waals surface area contributed by atoms with Crippen LogP contribution in [0.3, 0.4) is 0 Å². The van der Waals surface area contributed by atoms with Crippen molar-refractivity contribution in [3.63, 3.8) is 0 Å². The zero-order valence-corrected chi connectivity index (χ0v) is 12.6. The molecule has 0 radical (unpaired) electrons. The van der Waals surface area contributed by atoms with Crippen molar-refractivity contribution in [2.24, 2.45) is 5.73 Å². The summed E-state index contributed by atoms with van der Waals surface area (Å²) in [6.07, 6.45) is 3.07. The number of thioether (sulfide) groups is 2. The summed E-state index contributed by atoms with van der Waals surface area (Å²) in [5.74, 6) is 3.81. The first kappa shape index (κ1) is 14.2. The van der Waals surface area contributed by atoms with Crippen molar-refractivity contribution in [1.29, 1.82) is 0 Å². The highest BCUT2D eigenvalue weighted by atomic mass is 32.2. The van der Waals surface area contributed by atoms with E-state index in [-0.39, 0.29) is 6.04 Å². The molecule has 0 aliphatic carbocycles. The molecule has 1 aromatic heterocycles. The molecular weight excluding hydrogens is 266 g/mol. The molecule has 0 amide bonds. The molecule has 1 aliphatic heterocycles. The van der Waals surface area contributed by atoms with Gasteiger partial charge in [0.1, 0.15) is 0 Å². The molecular formula is C12H21N3OS2. The van der Waals surface area contributed by atoms with E-state index >= 15 is 0 Å². The van der Waals surface area contributed by atoms with E-state index in [0.29, 0.717) is 16.4 Å². The molecule has 0 aromatic carbocycles. The molecule has 1 aliphatic rings. The Kier molecular flexibility index (Phi) is 5.38. The summed E-state index contributed by atoms with van der Waals surface area (Å²) in [4.78, 5) is 4.51. The van der Waals surface area contributed by atoms with E-state index in [9.17, 15) is 0 Å². The molecule has 2 N–H and O–H groups in total. The first-order valence-electron chi connectivity index (χ1n) is 6.58. The van der Waals surface area contributed by atoms with E-state index < -0.39 is 0 Å². The Bertz CT molecular complexity index is 372. The monoisotopic (exact) mass is 287 g/mol. The average molecular weight is 287 g/mol. The van der Waals surface area contributed by atoms with Crippen molar-refractivity contribution < 1.29 is 4.52 Å². The van der Waals surface area contributed by atoms with Crippen LogP contribution in [0.15, 0.2) is 4.52 Å². The second-order valence-electron chi connectivity index (χ2n) is 4.49. The third kappa shape index (κ3) is 3.22. The Morgan fingerprint density at radius 1 is 1.39 bits per heavy atom. The number of hydrogen-bond donors (Lipinski definition) is 1. The van der Waals surface area contributed by atoms with Gasteiger partial charge in [0.2, 0.25) is 5.89 Å². The summed E-state index contributed by atoms with van der Waals surface area (Å²) in [5.41, 5.74) is 6.01. The summed E-state index contributed by atoms with van der Waals surface area (Å²) in [7, 11) is 0. The minimum absolute atomic E-state index is 0.113. The largest absolute Gasteiger partial charge is 0.338 e. The number of nitrogens with zero attached hydrogens (tertiary/aromatic N) is 2. The normalized spacial score (nSPS) is 26.2. The molecule has 2 rings (SSSR count). The van der Waals surface area contributed by atoms with Crippen molar-refractivity contribution in [2.45, 2.75) is 49.7 Å². The number of hydrogen-bond acceptors (Lipinski definition) is 6. The molecule has 6 heteroatoms. The summed E-state index contributed by atoms with van der Waals surface area (Å²) >= 11 is 3.96. The van der Waals surface area contributed by atoms with Gasteiger partial charge >= 0.3 is 0 Å². The Morgan fingerprint density at radius 2 is 2.17 bits per heavy atom. The van der Waals surface area contributed by atoms with Crippen molar-refractivity contribution >= 4 is 23.5 Å². The molecule has 0 bridgehead atoms. The van der Waals surface area contributed by atoms with Crippen molar-refractivity contribution in [2.75, 3.05) is 11.5 Å². The highest BCUT2D eigenvalue weighted by molar-refractivity contribution is 8.06. The van der Waals surface area contributed by atoms with Gasteiger partial charge in [0, 0.05) is 16.8 Å². The van der Waals surface area contributed by atoms with Crippen LogP contribution in [-0.2, 0) is 0 Å². The molecule has 2 unspecified atom stereocenters. The van der Waals surface area contributed by atoms with Crippen LogP contribution in [0.4, 0.5) is 0 Å². The summed E-state index contributed by atoms with van der Waals surface area (Å²) in [5, 5.41) is 5.10. The van der Waals surface area contributed by atoms with Crippen LogP contribution in [0.2, 0.25) is 0 Å². The Hall–Kier alpha value is -0.200. The van der Waals surface area contributed by atoms with E-state index in [1.54, 1.807) is 0 Å². The lowest BCUT2D eigenvalue weighted by Gasteiger charge is -2.27. The fourth-order valence-electron chi connectivity index (χ4n) is 2.09. The molecule has 0 saturated carbocycles. The third-order valence-electron chi connectivity index (χ3n) is 3.08. The van der Waals surface area contributed by atoms with Gasteiger partial charge in [-0.25, -0.2) is 0 Å². The maximum absolute atomic E-state index is 6.01. The van der Waals surface area contributed by atoms with Gasteiger partial charge < -0.3 is 10.3 Å². The second kappa shape index (κ2) is 6.82. The van der Waals surface area contributed by atoms with Gasteiger partial charge in [0.05, 0.1) is 11.3 Å². The van der Waals surface area contributed by atoms with E-state index in [0.717, 1.165) is 30.8 Å². The summed E-state index contributed by atoms with van der Waals surface area (Å²) < 4.78 is 5.32. The van der Waals surface area contributed by atoms with E-state index in [1.165, 1.54) is 5.75 Å². The van der Waals surface area contributed by atoms with Crippen LogP contribution in [0, 0.1) is 0 Å². The van der Waals surface area contributed by atoms with E-state index in [2.05, 4.69) is 24.0 Å². The minimum atomic E-state index is -0.113. The smallest absolute Gasteiger partial charge is 0.243 e. The standard InChI is InChI=1S/C12H21N3OS2/c1-3-5-8(13)12-14-11(15-16-12)10-9(4-2)17-6-7-18-10/h8-10H,3-7,13H2,1-2H3/t8-,9?,10?/m1/s1. The van der Waals surface area contributed by atoms with Crippen LogP contribution < -0.4 is 5.73 Å². The van der Waals surface area contributed by atoms with Crippen molar-refractivity contribution in [1.82, 2.24) is 10.1 Å². The maximum Gasteiger partial charge on any atom is 0.243 e. The minimum Gasteiger partial charge on any atom is -0.338 e. The maximum atomic E-state index is 6.01. The highest BCUT2D eigenvalue weighted by Gasteiger charge is 2.30. The van der Waals surface area contributed by atoms with E-state index in [1.807, 2.05) is 23.5 Å². The number of nitrogens with two attached hydrogens (primary N) is 1. The predicted octanol–water partition coefficient (Wildman–Crippen LogP) is 3.17. The van der Waals surface area contributed by atoms with Crippen LogP contribution in [0.1, 0.15) is 56.1 Å². The van der Waals surface area contributed by atoms with Gasteiger partial charge in [-0.05, 0) is 12.8 Å². The van der Waals surface area contributed by atoms with Crippen LogP contribution in [0.5, 0.6) is 0 Å². The van der Waals surface area contributed by atoms with Crippen LogP contribution >= 0.6 is 23.5 Å². The predicted molar refractivity (Wildman–Crippen MR) is 77.9 cm³/mol. The first-order chi connectivity index (χ1) is 8.76. The molecule has 2 heterocycles. The Labute approximate surface area is 117 Å². The summed E-state index contributed by atoms with van der Waals surface area (Å²) in [6.45, 7) is 4.33. The lowest BCUT2D eigenvalue weighted by atomic mass is 10.2. The average Bonchev–Trinajstić information content (AvgIpc) is 2.88. The first-order valence-corrected chi connectivity index (χ1v) is 8.68. The lowest BCUT2D eigenvalue weighted by Crippen LogP contribution is -2.19. The second-order valence-corrected chi connectivity index (χ2v) is 7.09. The highest BCUT2D eigenvalue weighted by Crippen LogP contribution is 2.43. The van der Waals surface area contributed by atoms with Gasteiger partial charge in [-0.2, -0.15) is 16.7 Å². The zero-order valence-electron chi connectivity index (χ0n) is 11.0. The van der Waals surface area contributed by atoms with Gasteiger partial charge in [0.25, 0.3) is 0 Å². The fourth-order valence-corrected chi connectivity index (χ4v) is 5.07. The molecule has 1 aromatic rings. The zero-order chi connectivity index (χ0) is 13.0. The number of rotatable bonds is 5. The quantitative estimate of drug-likeness (QED) is 0.897. The third-order valence-corrected chi connectivity index (χ3v) is 6.32. The summed E-state index contributed by atoms with van der Waals surface area (Å²) in [6, 6.07) is -0.113. The van der Waals surface area contributed by atoms with E-state index in [4.69, 9.17) is 10.3 Å².